The largest absolute Gasteiger partial charge is 0.484 e. The quantitative estimate of drug-likeness (QED) is 0.162. The highest BCUT2D eigenvalue weighted by Gasteiger charge is 2.09. The van der Waals surface area contributed by atoms with Crippen molar-refractivity contribution < 1.29 is 19.1 Å². The standard InChI is InChI=1S/2C15H14O2S/c2*1-18-15-10-6-5-9-14(15)17-11-13(16)12-7-3-2-4-8-12/h2*2-10H,11H2,1H3. The van der Waals surface area contributed by atoms with E-state index in [1.807, 2.05) is 97.4 Å². The Kier molecular flexibility index (Phi) is 11.2. The van der Waals surface area contributed by atoms with Gasteiger partial charge < -0.3 is 9.47 Å². The van der Waals surface area contributed by atoms with Crippen LogP contribution in [-0.4, -0.2) is 37.3 Å². The summed E-state index contributed by atoms with van der Waals surface area (Å²) in [4.78, 5) is 25.9. The normalized spacial score (nSPS) is 10.1. The molecule has 0 heterocycles. The van der Waals surface area contributed by atoms with Crippen LogP contribution in [0.15, 0.2) is 119 Å². The summed E-state index contributed by atoms with van der Waals surface area (Å²) < 4.78 is 11.1. The first-order chi connectivity index (χ1) is 17.6. The Morgan fingerprint density at radius 3 is 1.22 bits per heavy atom. The van der Waals surface area contributed by atoms with Gasteiger partial charge in [-0.2, -0.15) is 0 Å². The molecule has 4 rings (SSSR count). The van der Waals surface area contributed by atoms with Crippen LogP contribution in [0.5, 0.6) is 11.5 Å². The Bertz CT molecular complexity index is 1150. The lowest BCUT2D eigenvalue weighted by Gasteiger charge is -2.09. The zero-order valence-corrected chi connectivity index (χ0v) is 21.9. The molecule has 4 aromatic carbocycles. The molecule has 0 saturated heterocycles. The van der Waals surface area contributed by atoms with E-state index >= 15 is 0 Å². The first kappa shape index (κ1) is 27.1. The molecule has 0 aliphatic carbocycles. The molecule has 4 aromatic rings. The van der Waals surface area contributed by atoms with Crippen LogP contribution in [0.25, 0.3) is 0 Å². The number of benzene rings is 4. The molecule has 0 fully saturated rings. The van der Waals surface area contributed by atoms with Gasteiger partial charge in [-0.1, -0.05) is 84.9 Å². The summed E-state index contributed by atoms with van der Waals surface area (Å²) in [5.41, 5.74) is 1.36. The molecule has 0 aromatic heterocycles. The fraction of sp³-hybridized carbons (Fsp3) is 0.133. The van der Waals surface area contributed by atoms with Gasteiger partial charge in [-0.05, 0) is 36.8 Å². The van der Waals surface area contributed by atoms with Crippen molar-refractivity contribution in [1.82, 2.24) is 0 Å². The van der Waals surface area contributed by atoms with E-state index in [1.54, 1.807) is 47.8 Å². The van der Waals surface area contributed by atoms with Crippen molar-refractivity contribution in [2.45, 2.75) is 9.79 Å². The minimum Gasteiger partial charge on any atom is -0.484 e. The summed E-state index contributed by atoms with van der Waals surface area (Å²) in [6.07, 6.45) is 3.97. The maximum absolute atomic E-state index is 11.9. The average Bonchev–Trinajstić information content (AvgIpc) is 2.96. The second-order valence-electron chi connectivity index (χ2n) is 7.46. The molecule has 36 heavy (non-hydrogen) atoms. The molecule has 0 N–H and O–H groups in total. The first-order valence-electron chi connectivity index (χ1n) is 11.3. The maximum Gasteiger partial charge on any atom is 0.200 e. The lowest BCUT2D eigenvalue weighted by atomic mass is 10.1. The fourth-order valence-corrected chi connectivity index (χ4v) is 4.26. The predicted molar refractivity (Wildman–Crippen MR) is 149 cm³/mol. The highest BCUT2D eigenvalue weighted by Crippen LogP contribution is 2.27. The van der Waals surface area contributed by atoms with Crippen LogP contribution in [0.2, 0.25) is 0 Å². The van der Waals surface area contributed by atoms with Crippen LogP contribution in [0.1, 0.15) is 20.7 Å². The summed E-state index contributed by atoms with van der Waals surface area (Å²) in [5, 5.41) is 0. The zero-order valence-electron chi connectivity index (χ0n) is 20.3. The van der Waals surface area contributed by atoms with Crippen LogP contribution in [0, 0.1) is 0 Å². The van der Waals surface area contributed by atoms with Gasteiger partial charge in [0.15, 0.2) is 24.8 Å². The van der Waals surface area contributed by atoms with Crippen molar-refractivity contribution in [1.29, 1.82) is 0 Å². The molecule has 0 bridgehead atoms. The number of hydrogen-bond donors (Lipinski definition) is 0. The van der Waals surface area contributed by atoms with E-state index in [0.717, 1.165) is 21.3 Å². The Labute approximate surface area is 221 Å². The third kappa shape index (κ3) is 8.33. The van der Waals surface area contributed by atoms with Crippen LogP contribution < -0.4 is 9.47 Å². The zero-order chi connectivity index (χ0) is 25.6. The van der Waals surface area contributed by atoms with Gasteiger partial charge in [-0.25, -0.2) is 0 Å². The lowest BCUT2D eigenvalue weighted by molar-refractivity contribution is 0.0913. The molecule has 0 aliphatic heterocycles. The van der Waals surface area contributed by atoms with E-state index in [4.69, 9.17) is 9.47 Å². The van der Waals surface area contributed by atoms with Gasteiger partial charge in [0, 0.05) is 20.9 Å². The lowest BCUT2D eigenvalue weighted by Crippen LogP contribution is -2.11. The molecule has 4 nitrogen and oxygen atoms in total. The fourth-order valence-electron chi connectivity index (χ4n) is 3.18. The predicted octanol–water partition coefficient (Wildman–Crippen LogP) is 7.34. The highest BCUT2D eigenvalue weighted by atomic mass is 32.2. The van der Waals surface area contributed by atoms with Gasteiger partial charge in [0.2, 0.25) is 0 Å². The highest BCUT2D eigenvalue weighted by molar-refractivity contribution is 7.99. The molecule has 0 saturated carbocycles. The van der Waals surface area contributed by atoms with Gasteiger partial charge in [0.05, 0.1) is 0 Å². The van der Waals surface area contributed by atoms with Crippen molar-refractivity contribution >= 4 is 35.1 Å². The van der Waals surface area contributed by atoms with Crippen LogP contribution in [-0.2, 0) is 0 Å². The summed E-state index contributed by atoms with van der Waals surface area (Å²) in [5.74, 6) is 1.50. The number of carbonyl (C=O) groups is 2. The van der Waals surface area contributed by atoms with Gasteiger partial charge in [0.25, 0.3) is 0 Å². The van der Waals surface area contributed by atoms with Crippen LogP contribution in [0.4, 0.5) is 0 Å². The maximum atomic E-state index is 11.9. The van der Waals surface area contributed by atoms with Crippen molar-refractivity contribution in [3.8, 4) is 11.5 Å². The Morgan fingerprint density at radius 2 is 0.861 bits per heavy atom. The van der Waals surface area contributed by atoms with E-state index in [1.165, 1.54) is 0 Å². The van der Waals surface area contributed by atoms with Crippen LogP contribution >= 0.6 is 23.5 Å². The summed E-state index contributed by atoms with van der Waals surface area (Å²) in [6, 6.07) is 33.8. The summed E-state index contributed by atoms with van der Waals surface area (Å²) >= 11 is 3.21. The molecule has 0 amide bonds. The number of ketones is 2. The number of rotatable bonds is 10. The number of hydrogen-bond acceptors (Lipinski definition) is 6. The third-order valence-electron chi connectivity index (χ3n) is 5.05. The van der Waals surface area contributed by atoms with Crippen molar-refractivity contribution in [2.24, 2.45) is 0 Å². The number of para-hydroxylation sites is 2. The molecule has 0 radical (unpaired) electrons. The Morgan fingerprint density at radius 1 is 0.528 bits per heavy atom. The Balaban J connectivity index is 0.000000201. The van der Waals surface area contributed by atoms with E-state index in [2.05, 4.69) is 0 Å². The van der Waals surface area contributed by atoms with Crippen molar-refractivity contribution in [2.75, 3.05) is 25.7 Å². The summed E-state index contributed by atoms with van der Waals surface area (Å²) in [7, 11) is 0. The molecule has 0 unspecified atom stereocenters. The van der Waals surface area contributed by atoms with Gasteiger partial charge in [-0.15, -0.1) is 23.5 Å². The van der Waals surface area contributed by atoms with E-state index in [-0.39, 0.29) is 24.8 Å². The van der Waals surface area contributed by atoms with Gasteiger partial charge in [0.1, 0.15) is 11.5 Å². The number of carbonyl (C=O) groups excluding carboxylic acids is 2. The van der Waals surface area contributed by atoms with Crippen molar-refractivity contribution in [3.63, 3.8) is 0 Å². The number of Topliss-reactive ketones (excluding diaryl/α,β-unsaturated/α-hetero) is 2. The third-order valence-corrected chi connectivity index (χ3v) is 6.60. The monoisotopic (exact) mass is 516 g/mol. The molecular formula is C30H28O4S2. The summed E-state index contributed by atoms with van der Waals surface area (Å²) in [6.45, 7) is 0.142. The van der Waals surface area contributed by atoms with Crippen molar-refractivity contribution in [3.05, 3.63) is 120 Å². The van der Waals surface area contributed by atoms with E-state index in [0.29, 0.717) is 11.1 Å². The number of thioether (sulfide) groups is 2. The smallest absolute Gasteiger partial charge is 0.200 e. The second kappa shape index (κ2) is 14.8. The second-order valence-corrected chi connectivity index (χ2v) is 9.15. The molecule has 0 aliphatic rings. The average molecular weight is 517 g/mol. The van der Waals surface area contributed by atoms with Gasteiger partial charge >= 0.3 is 0 Å². The Hall–Kier alpha value is -3.48. The SMILES string of the molecule is CSc1ccccc1OCC(=O)c1ccccc1.CSc1ccccc1OCC(=O)c1ccccc1. The first-order valence-corrected chi connectivity index (χ1v) is 13.8. The number of ether oxygens (including phenoxy) is 2. The molecule has 0 spiro atoms. The van der Waals surface area contributed by atoms with Crippen LogP contribution in [0.3, 0.4) is 0 Å². The minimum absolute atomic E-state index is 0.00786. The topological polar surface area (TPSA) is 52.6 Å². The molecular weight excluding hydrogens is 488 g/mol. The van der Waals surface area contributed by atoms with E-state index < -0.39 is 0 Å². The molecule has 184 valence electrons. The van der Waals surface area contributed by atoms with E-state index in [9.17, 15) is 9.59 Å². The van der Waals surface area contributed by atoms with Gasteiger partial charge in [-0.3, -0.25) is 9.59 Å². The molecule has 0 atom stereocenters. The molecule has 6 heteroatoms. The minimum atomic E-state index is -0.00786.